The first-order chi connectivity index (χ1) is 7.72. The van der Waals surface area contributed by atoms with E-state index in [1.807, 2.05) is 7.11 Å². The van der Waals surface area contributed by atoms with Crippen LogP contribution in [0.3, 0.4) is 0 Å². The maximum Gasteiger partial charge on any atom is 0.0618 e. The summed E-state index contributed by atoms with van der Waals surface area (Å²) in [5, 5.41) is 3.57. The number of nitrogens with one attached hydrogen (secondary N) is 1. The van der Waals surface area contributed by atoms with E-state index in [0.717, 1.165) is 19.7 Å². The van der Waals surface area contributed by atoms with Crippen LogP contribution < -0.4 is 5.32 Å². The first-order valence-electron chi connectivity index (χ1n) is 6.70. The highest BCUT2D eigenvalue weighted by Gasteiger charge is 2.29. The number of nitrogens with zero attached hydrogens (tertiary/aromatic N) is 1. The Hall–Kier alpha value is -0.120. The zero-order valence-electron chi connectivity index (χ0n) is 11.3. The molecular weight excluding hydrogens is 200 g/mol. The van der Waals surface area contributed by atoms with E-state index in [4.69, 9.17) is 4.74 Å². The Labute approximate surface area is 101 Å². The van der Waals surface area contributed by atoms with E-state index in [-0.39, 0.29) is 0 Å². The van der Waals surface area contributed by atoms with Crippen LogP contribution in [0, 0.1) is 0 Å². The summed E-state index contributed by atoms with van der Waals surface area (Å²) < 4.78 is 5.38. The second kappa shape index (κ2) is 7.25. The van der Waals surface area contributed by atoms with E-state index in [0.29, 0.717) is 18.1 Å². The highest BCUT2D eigenvalue weighted by molar-refractivity contribution is 4.87. The van der Waals surface area contributed by atoms with Crippen molar-refractivity contribution in [2.75, 3.05) is 26.8 Å². The van der Waals surface area contributed by atoms with Gasteiger partial charge in [-0.25, -0.2) is 0 Å². The summed E-state index contributed by atoms with van der Waals surface area (Å²) in [5.74, 6) is 0. The van der Waals surface area contributed by atoms with E-state index in [1.54, 1.807) is 0 Å². The molecule has 1 N–H and O–H groups in total. The van der Waals surface area contributed by atoms with Crippen LogP contribution in [0.2, 0.25) is 0 Å². The number of hydrogen-bond acceptors (Lipinski definition) is 3. The monoisotopic (exact) mass is 228 g/mol. The fourth-order valence-electron chi connectivity index (χ4n) is 2.68. The molecule has 0 amide bonds. The molecule has 3 heteroatoms. The Morgan fingerprint density at radius 1 is 1.44 bits per heavy atom. The van der Waals surface area contributed by atoms with Gasteiger partial charge in [-0.1, -0.05) is 20.3 Å². The molecule has 0 aliphatic carbocycles. The largest absolute Gasteiger partial charge is 0.383 e. The molecule has 0 aromatic carbocycles. The van der Waals surface area contributed by atoms with Gasteiger partial charge in [-0.3, -0.25) is 4.90 Å². The van der Waals surface area contributed by atoms with Crippen molar-refractivity contribution in [3.8, 4) is 0 Å². The van der Waals surface area contributed by atoms with Crippen molar-refractivity contribution in [3.05, 3.63) is 0 Å². The minimum absolute atomic E-state index is 0.601. The molecule has 1 fully saturated rings. The van der Waals surface area contributed by atoms with Crippen LogP contribution in [0.4, 0.5) is 0 Å². The minimum Gasteiger partial charge on any atom is -0.383 e. The van der Waals surface area contributed by atoms with Gasteiger partial charge in [-0.2, -0.15) is 0 Å². The third kappa shape index (κ3) is 3.72. The fraction of sp³-hybridized carbons (Fsp3) is 1.00. The Bertz CT molecular complexity index is 181. The van der Waals surface area contributed by atoms with Crippen molar-refractivity contribution >= 4 is 0 Å². The molecule has 1 saturated heterocycles. The molecule has 3 atom stereocenters. The highest BCUT2D eigenvalue weighted by atomic mass is 16.5. The van der Waals surface area contributed by atoms with Gasteiger partial charge in [-0.05, 0) is 19.8 Å². The summed E-state index contributed by atoms with van der Waals surface area (Å²) in [5.41, 5.74) is 0. The van der Waals surface area contributed by atoms with E-state index in [9.17, 15) is 0 Å². The molecule has 0 bridgehead atoms. The Balaban J connectivity index is 2.61. The fourth-order valence-corrected chi connectivity index (χ4v) is 2.68. The van der Waals surface area contributed by atoms with Gasteiger partial charge in [0.05, 0.1) is 6.61 Å². The van der Waals surface area contributed by atoms with Crippen LogP contribution in [-0.2, 0) is 4.74 Å². The maximum absolute atomic E-state index is 5.38. The summed E-state index contributed by atoms with van der Waals surface area (Å²) in [6.07, 6.45) is 3.71. The summed E-state index contributed by atoms with van der Waals surface area (Å²) in [4.78, 5) is 2.66. The zero-order valence-corrected chi connectivity index (χ0v) is 11.3. The maximum atomic E-state index is 5.38. The number of methoxy groups -OCH3 is 1. The predicted molar refractivity (Wildman–Crippen MR) is 68.8 cm³/mol. The van der Waals surface area contributed by atoms with Gasteiger partial charge in [0.15, 0.2) is 0 Å². The average molecular weight is 228 g/mol. The number of piperazine rings is 1. The molecule has 1 rings (SSSR count). The van der Waals surface area contributed by atoms with Crippen LogP contribution >= 0.6 is 0 Å². The lowest BCUT2D eigenvalue weighted by atomic mass is 10.0. The van der Waals surface area contributed by atoms with Crippen LogP contribution in [-0.4, -0.2) is 49.8 Å². The van der Waals surface area contributed by atoms with E-state index in [1.165, 1.54) is 19.3 Å². The molecule has 16 heavy (non-hydrogen) atoms. The van der Waals surface area contributed by atoms with Gasteiger partial charge < -0.3 is 10.1 Å². The SMILES string of the molecule is CCCC(COC)N1CC(C)NCC1CC. The van der Waals surface area contributed by atoms with Gasteiger partial charge in [-0.15, -0.1) is 0 Å². The molecule has 0 aromatic heterocycles. The van der Waals surface area contributed by atoms with Crippen molar-refractivity contribution < 1.29 is 4.74 Å². The number of hydrogen-bond donors (Lipinski definition) is 1. The van der Waals surface area contributed by atoms with Crippen molar-refractivity contribution in [1.29, 1.82) is 0 Å². The number of rotatable bonds is 6. The molecule has 1 aliphatic rings. The minimum atomic E-state index is 0.601. The molecule has 1 heterocycles. The Morgan fingerprint density at radius 2 is 2.19 bits per heavy atom. The molecule has 3 unspecified atom stereocenters. The third-order valence-corrected chi connectivity index (χ3v) is 3.58. The molecular formula is C13H28N2O. The second-order valence-electron chi connectivity index (χ2n) is 4.97. The van der Waals surface area contributed by atoms with Crippen LogP contribution in [0.25, 0.3) is 0 Å². The van der Waals surface area contributed by atoms with Gasteiger partial charge in [0, 0.05) is 38.3 Å². The summed E-state index contributed by atoms with van der Waals surface area (Å²) in [7, 11) is 1.81. The number of ether oxygens (including phenoxy) is 1. The third-order valence-electron chi connectivity index (χ3n) is 3.58. The molecule has 1 aliphatic heterocycles. The van der Waals surface area contributed by atoms with Gasteiger partial charge >= 0.3 is 0 Å². The lowest BCUT2D eigenvalue weighted by Crippen LogP contribution is -2.59. The summed E-state index contributed by atoms with van der Waals surface area (Å²) in [6.45, 7) is 9.97. The summed E-state index contributed by atoms with van der Waals surface area (Å²) >= 11 is 0. The molecule has 0 aromatic rings. The zero-order chi connectivity index (χ0) is 12.0. The normalized spacial score (nSPS) is 29.2. The molecule has 0 saturated carbocycles. The van der Waals surface area contributed by atoms with Crippen LogP contribution in [0.15, 0.2) is 0 Å². The highest BCUT2D eigenvalue weighted by Crippen LogP contribution is 2.17. The smallest absolute Gasteiger partial charge is 0.0618 e. The lowest BCUT2D eigenvalue weighted by molar-refractivity contribution is 0.0298. The molecule has 0 spiro atoms. The molecule has 3 nitrogen and oxygen atoms in total. The van der Waals surface area contributed by atoms with E-state index < -0.39 is 0 Å². The Morgan fingerprint density at radius 3 is 2.75 bits per heavy atom. The predicted octanol–water partition coefficient (Wildman–Crippen LogP) is 1.87. The second-order valence-corrected chi connectivity index (χ2v) is 4.97. The van der Waals surface area contributed by atoms with Crippen molar-refractivity contribution in [3.63, 3.8) is 0 Å². The Kier molecular flexibility index (Phi) is 6.32. The van der Waals surface area contributed by atoms with E-state index in [2.05, 4.69) is 31.0 Å². The first kappa shape index (κ1) is 13.9. The summed E-state index contributed by atoms with van der Waals surface area (Å²) in [6, 6.07) is 1.89. The van der Waals surface area contributed by atoms with Gasteiger partial charge in [0.25, 0.3) is 0 Å². The topological polar surface area (TPSA) is 24.5 Å². The average Bonchev–Trinajstić information content (AvgIpc) is 2.29. The van der Waals surface area contributed by atoms with Crippen LogP contribution in [0.1, 0.15) is 40.0 Å². The van der Waals surface area contributed by atoms with E-state index >= 15 is 0 Å². The molecule has 96 valence electrons. The van der Waals surface area contributed by atoms with Gasteiger partial charge in [0.2, 0.25) is 0 Å². The van der Waals surface area contributed by atoms with Crippen molar-refractivity contribution in [2.45, 2.75) is 58.2 Å². The van der Waals surface area contributed by atoms with Crippen molar-refractivity contribution in [2.24, 2.45) is 0 Å². The molecule has 0 radical (unpaired) electrons. The quantitative estimate of drug-likeness (QED) is 0.751. The van der Waals surface area contributed by atoms with Crippen LogP contribution in [0.5, 0.6) is 0 Å². The standard InChI is InChI=1S/C13H28N2O/c1-5-7-13(10-16-4)15-9-11(3)14-8-12(15)6-2/h11-14H,5-10H2,1-4H3. The lowest BCUT2D eigenvalue weighted by Gasteiger charge is -2.43. The first-order valence-corrected chi connectivity index (χ1v) is 6.70. The van der Waals surface area contributed by atoms with Gasteiger partial charge in [0.1, 0.15) is 0 Å². The van der Waals surface area contributed by atoms with Crippen molar-refractivity contribution in [1.82, 2.24) is 10.2 Å².